The highest BCUT2D eigenvalue weighted by Crippen LogP contribution is 2.37. The Bertz CT molecular complexity index is 1310. The lowest BCUT2D eigenvalue weighted by molar-refractivity contribution is -0.116. The minimum absolute atomic E-state index is 0.0501. The van der Waals surface area contributed by atoms with Gasteiger partial charge in [-0.25, -0.2) is 9.37 Å². The van der Waals surface area contributed by atoms with Crippen molar-refractivity contribution in [3.63, 3.8) is 0 Å². The number of nitrogens with one attached hydrogen (secondary N) is 2. The second-order valence-corrected chi connectivity index (χ2v) is 6.88. The van der Waals surface area contributed by atoms with E-state index < -0.39 is 17.3 Å². The summed E-state index contributed by atoms with van der Waals surface area (Å²) in [5.41, 5.74) is 1.48. The minimum Gasteiger partial charge on any atom is -0.311 e. The van der Waals surface area contributed by atoms with Crippen molar-refractivity contribution in [2.24, 2.45) is 0 Å². The molecule has 3 heterocycles. The van der Waals surface area contributed by atoms with E-state index in [1.54, 1.807) is 4.40 Å². The SMILES string of the molecule is O=C1C[C@@H](c2cc(Cl)ccc2F)c2c(n3c(nc4ccccc43)[nH]c2=O)N1. The molecule has 27 heavy (non-hydrogen) atoms. The molecule has 1 aliphatic rings. The number of nitrogens with zero attached hydrogens (tertiary/aromatic N) is 2. The predicted octanol–water partition coefficient (Wildman–Crippen LogP) is 3.44. The van der Waals surface area contributed by atoms with E-state index in [-0.39, 0.29) is 23.5 Å². The fourth-order valence-corrected chi connectivity index (χ4v) is 3.88. The number of amides is 1. The van der Waals surface area contributed by atoms with Crippen LogP contribution in [-0.4, -0.2) is 20.3 Å². The van der Waals surface area contributed by atoms with Crippen molar-refractivity contribution in [2.45, 2.75) is 12.3 Å². The average molecular weight is 383 g/mol. The second kappa shape index (κ2) is 5.65. The van der Waals surface area contributed by atoms with Crippen molar-refractivity contribution in [3.8, 4) is 0 Å². The van der Waals surface area contributed by atoms with Crippen LogP contribution in [0, 0.1) is 5.82 Å². The van der Waals surface area contributed by atoms with Crippen molar-refractivity contribution in [1.82, 2.24) is 14.4 Å². The fraction of sp³-hybridized carbons (Fsp3) is 0.105. The van der Waals surface area contributed by atoms with Gasteiger partial charge in [-0.3, -0.25) is 19.0 Å². The zero-order chi connectivity index (χ0) is 18.7. The lowest BCUT2D eigenvalue weighted by atomic mass is 9.86. The van der Waals surface area contributed by atoms with E-state index in [0.717, 1.165) is 5.52 Å². The lowest BCUT2D eigenvalue weighted by Gasteiger charge is -2.26. The van der Waals surface area contributed by atoms with Crippen LogP contribution in [0.15, 0.2) is 47.3 Å². The van der Waals surface area contributed by atoms with Crippen LogP contribution in [0.3, 0.4) is 0 Å². The summed E-state index contributed by atoms with van der Waals surface area (Å²) < 4.78 is 16.2. The summed E-state index contributed by atoms with van der Waals surface area (Å²) in [6.07, 6.45) is -0.0501. The van der Waals surface area contributed by atoms with Gasteiger partial charge in [0.15, 0.2) is 0 Å². The molecule has 2 aromatic heterocycles. The van der Waals surface area contributed by atoms with Gasteiger partial charge in [0.1, 0.15) is 11.6 Å². The summed E-state index contributed by atoms with van der Waals surface area (Å²) in [5.74, 6) is -0.950. The Labute approximate surface area is 156 Å². The first-order valence-electron chi connectivity index (χ1n) is 8.31. The van der Waals surface area contributed by atoms with Gasteiger partial charge in [0.2, 0.25) is 11.7 Å². The number of carbonyl (C=O) groups excluding carboxylic acids is 1. The number of aromatic nitrogens is 3. The number of anilines is 1. The zero-order valence-electron chi connectivity index (χ0n) is 13.8. The molecule has 134 valence electrons. The number of aromatic amines is 1. The smallest absolute Gasteiger partial charge is 0.258 e. The van der Waals surface area contributed by atoms with Gasteiger partial charge in [0, 0.05) is 17.4 Å². The summed E-state index contributed by atoms with van der Waals surface area (Å²) in [4.78, 5) is 32.4. The van der Waals surface area contributed by atoms with Crippen LogP contribution in [0.1, 0.15) is 23.5 Å². The third kappa shape index (κ3) is 2.35. The predicted molar refractivity (Wildman–Crippen MR) is 99.8 cm³/mol. The molecule has 0 fully saturated rings. The van der Waals surface area contributed by atoms with Gasteiger partial charge in [-0.05, 0) is 35.9 Å². The Balaban J connectivity index is 1.88. The molecule has 4 aromatic rings. The van der Waals surface area contributed by atoms with Crippen LogP contribution in [0.4, 0.5) is 10.2 Å². The number of hydrogen-bond donors (Lipinski definition) is 2. The fourth-order valence-electron chi connectivity index (χ4n) is 3.70. The van der Waals surface area contributed by atoms with Crippen LogP contribution in [0.5, 0.6) is 0 Å². The lowest BCUT2D eigenvalue weighted by Crippen LogP contribution is -2.32. The maximum atomic E-state index is 14.5. The van der Waals surface area contributed by atoms with Crippen molar-refractivity contribution in [2.75, 3.05) is 5.32 Å². The number of para-hydroxylation sites is 2. The van der Waals surface area contributed by atoms with Gasteiger partial charge in [-0.15, -0.1) is 0 Å². The van der Waals surface area contributed by atoms with Crippen LogP contribution in [0.25, 0.3) is 16.8 Å². The number of rotatable bonds is 1. The van der Waals surface area contributed by atoms with Crippen LogP contribution >= 0.6 is 11.6 Å². The summed E-state index contributed by atoms with van der Waals surface area (Å²) >= 11 is 6.03. The number of fused-ring (bicyclic) bond motifs is 5. The van der Waals surface area contributed by atoms with E-state index in [4.69, 9.17) is 11.6 Å². The van der Waals surface area contributed by atoms with E-state index >= 15 is 0 Å². The van der Waals surface area contributed by atoms with Crippen LogP contribution in [0.2, 0.25) is 5.02 Å². The molecule has 2 N–H and O–H groups in total. The number of hydrogen-bond acceptors (Lipinski definition) is 3. The van der Waals surface area contributed by atoms with Crippen molar-refractivity contribution in [3.05, 3.63) is 74.8 Å². The highest BCUT2D eigenvalue weighted by molar-refractivity contribution is 6.30. The van der Waals surface area contributed by atoms with E-state index in [0.29, 0.717) is 22.1 Å². The first-order chi connectivity index (χ1) is 13.0. The Morgan fingerprint density at radius 1 is 1.19 bits per heavy atom. The molecule has 6 nitrogen and oxygen atoms in total. The summed E-state index contributed by atoms with van der Waals surface area (Å²) in [5, 5.41) is 3.10. The highest BCUT2D eigenvalue weighted by Gasteiger charge is 2.33. The van der Waals surface area contributed by atoms with E-state index in [9.17, 15) is 14.0 Å². The summed E-state index contributed by atoms with van der Waals surface area (Å²) in [6.45, 7) is 0. The third-order valence-electron chi connectivity index (χ3n) is 4.84. The van der Waals surface area contributed by atoms with E-state index in [1.807, 2.05) is 24.3 Å². The van der Waals surface area contributed by atoms with E-state index in [2.05, 4.69) is 15.3 Å². The maximum absolute atomic E-state index is 14.5. The quantitative estimate of drug-likeness (QED) is 0.529. The second-order valence-electron chi connectivity index (χ2n) is 6.45. The molecule has 8 heteroatoms. The number of benzene rings is 2. The molecule has 1 amide bonds. The molecule has 1 atom stereocenters. The molecule has 5 rings (SSSR count). The van der Waals surface area contributed by atoms with Gasteiger partial charge in [0.25, 0.3) is 5.56 Å². The molecular weight excluding hydrogens is 371 g/mol. The molecule has 1 aliphatic heterocycles. The average Bonchev–Trinajstić information content (AvgIpc) is 3.01. The number of imidazole rings is 1. The normalized spacial score (nSPS) is 16.5. The molecule has 0 bridgehead atoms. The first-order valence-corrected chi connectivity index (χ1v) is 8.69. The van der Waals surface area contributed by atoms with Crippen molar-refractivity contribution < 1.29 is 9.18 Å². The molecule has 0 saturated carbocycles. The minimum atomic E-state index is -0.748. The molecule has 0 spiro atoms. The Kier molecular flexibility index (Phi) is 3.35. The van der Waals surface area contributed by atoms with Gasteiger partial charge < -0.3 is 5.32 Å². The molecule has 0 aliphatic carbocycles. The highest BCUT2D eigenvalue weighted by atomic mass is 35.5. The first kappa shape index (κ1) is 16.0. The summed E-state index contributed by atoms with van der Waals surface area (Å²) in [7, 11) is 0. The molecule has 0 radical (unpaired) electrons. The topological polar surface area (TPSA) is 79.3 Å². The Hall–Kier alpha value is -3.19. The molecular formula is C19H12ClFN4O2. The molecule has 0 unspecified atom stereocenters. The zero-order valence-corrected chi connectivity index (χ0v) is 14.5. The third-order valence-corrected chi connectivity index (χ3v) is 5.07. The Morgan fingerprint density at radius 2 is 2.00 bits per heavy atom. The van der Waals surface area contributed by atoms with Gasteiger partial charge >= 0.3 is 0 Å². The van der Waals surface area contributed by atoms with Crippen molar-refractivity contribution in [1.29, 1.82) is 0 Å². The van der Waals surface area contributed by atoms with Gasteiger partial charge in [0.05, 0.1) is 16.6 Å². The number of carbonyl (C=O) groups is 1. The number of halogens is 2. The van der Waals surface area contributed by atoms with Crippen LogP contribution < -0.4 is 10.9 Å². The Morgan fingerprint density at radius 3 is 2.85 bits per heavy atom. The molecule has 0 saturated heterocycles. The van der Waals surface area contributed by atoms with E-state index in [1.165, 1.54) is 18.2 Å². The van der Waals surface area contributed by atoms with Gasteiger partial charge in [-0.2, -0.15) is 0 Å². The monoisotopic (exact) mass is 382 g/mol. The molecule has 2 aromatic carbocycles. The maximum Gasteiger partial charge on any atom is 0.258 e. The number of H-pyrrole nitrogens is 1. The summed E-state index contributed by atoms with van der Waals surface area (Å²) in [6, 6.07) is 11.5. The van der Waals surface area contributed by atoms with Crippen LogP contribution in [-0.2, 0) is 4.79 Å². The standard InChI is InChI=1S/C19H12ClFN4O2/c20-9-5-6-12(21)10(7-9)11-8-15(26)23-17-16(11)18(27)24-19-22-13-3-1-2-4-14(13)25(17)19/h1-7,11H,8H2,(H,23,26)(H,22,24,27)/t11-/m0/s1. The van der Waals surface area contributed by atoms with Crippen molar-refractivity contribution >= 4 is 40.1 Å². The van der Waals surface area contributed by atoms with Gasteiger partial charge in [-0.1, -0.05) is 23.7 Å². The largest absolute Gasteiger partial charge is 0.311 e.